The summed E-state index contributed by atoms with van der Waals surface area (Å²) in [7, 11) is 0. The van der Waals surface area contributed by atoms with Crippen molar-refractivity contribution >= 4 is 29.1 Å². The smallest absolute Gasteiger partial charge is 0.226 e. The van der Waals surface area contributed by atoms with Gasteiger partial charge in [0, 0.05) is 18.9 Å². The maximum absolute atomic E-state index is 11.9. The van der Waals surface area contributed by atoms with E-state index in [1.54, 1.807) is 23.1 Å². The van der Waals surface area contributed by atoms with Gasteiger partial charge in [0.1, 0.15) is 0 Å². The van der Waals surface area contributed by atoms with Crippen molar-refractivity contribution in [2.24, 2.45) is 5.92 Å². The van der Waals surface area contributed by atoms with E-state index >= 15 is 0 Å². The Labute approximate surface area is 145 Å². The molecule has 0 radical (unpaired) electrons. The molecule has 0 spiro atoms. The summed E-state index contributed by atoms with van der Waals surface area (Å²) >= 11 is 6.13. The second kappa shape index (κ2) is 7.49. The highest BCUT2D eigenvalue weighted by atomic mass is 35.5. The van der Waals surface area contributed by atoms with E-state index in [-0.39, 0.29) is 24.2 Å². The number of nitrogens with zero attached hydrogens (tertiary/aromatic N) is 2. The number of rotatable bonds is 6. The van der Waals surface area contributed by atoms with E-state index in [2.05, 4.69) is 15.7 Å². The Morgan fingerprint density at radius 1 is 1.29 bits per heavy atom. The molecule has 7 heteroatoms. The van der Waals surface area contributed by atoms with Crippen molar-refractivity contribution in [2.45, 2.75) is 25.7 Å². The predicted octanol–water partition coefficient (Wildman–Crippen LogP) is 2.77. The minimum Gasteiger partial charge on any atom is -0.355 e. The van der Waals surface area contributed by atoms with E-state index in [1.165, 1.54) is 0 Å². The zero-order valence-corrected chi connectivity index (χ0v) is 13.9. The number of hydrogen-bond acceptors (Lipinski definition) is 3. The lowest BCUT2D eigenvalue weighted by atomic mass is 9.85. The summed E-state index contributed by atoms with van der Waals surface area (Å²) in [4.78, 5) is 23.6. The van der Waals surface area contributed by atoms with Crippen molar-refractivity contribution in [1.82, 2.24) is 15.1 Å². The first-order valence-electron chi connectivity index (χ1n) is 8.00. The summed E-state index contributed by atoms with van der Waals surface area (Å²) in [5, 5.41) is 10.3. The lowest BCUT2D eigenvalue weighted by Gasteiger charge is -2.23. The van der Waals surface area contributed by atoms with Gasteiger partial charge in [0.15, 0.2) is 0 Å². The third kappa shape index (κ3) is 3.94. The van der Waals surface area contributed by atoms with Crippen molar-refractivity contribution in [1.29, 1.82) is 0 Å². The molecule has 1 aliphatic carbocycles. The minimum atomic E-state index is -0.164. The molecule has 0 bridgehead atoms. The van der Waals surface area contributed by atoms with Gasteiger partial charge in [0.2, 0.25) is 11.8 Å². The van der Waals surface area contributed by atoms with Crippen LogP contribution < -0.4 is 10.6 Å². The second-order valence-electron chi connectivity index (χ2n) is 5.84. The van der Waals surface area contributed by atoms with Crippen LogP contribution in [0.4, 0.5) is 5.69 Å². The second-order valence-corrected chi connectivity index (χ2v) is 6.25. The molecule has 1 aliphatic rings. The topological polar surface area (TPSA) is 76.0 Å². The number of aromatic nitrogens is 2. The maximum atomic E-state index is 11.9. The molecule has 126 valence electrons. The Morgan fingerprint density at radius 2 is 2.08 bits per heavy atom. The molecule has 0 unspecified atom stereocenters. The van der Waals surface area contributed by atoms with Crippen LogP contribution in [0.5, 0.6) is 0 Å². The molecule has 1 fully saturated rings. The number of benzene rings is 1. The zero-order valence-electron chi connectivity index (χ0n) is 13.2. The molecule has 2 N–H and O–H groups in total. The third-order valence-electron chi connectivity index (χ3n) is 4.09. The van der Waals surface area contributed by atoms with Crippen LogP contribution in [0.15, 0.2) is 36.7 Å². The van der Waals surface area contributed by atoms with E-state index in [1.807, 2.05) is 18.2 Å². The number of amides is 2. The van der Waals surface area contributed by atoms with Crippen molar-refractivity contribution in [3.63, 3.8) is 0 Å². The number of carbonyl (C=O) groups is 2. The summed E-state index contributed by atoms with van der Waals surface area (Å²) in [6.07, 6.45) is 6.53. The molecule has 1 heterocycles. The monoisotopic (exact) mass is 346 g/mol. The van der Waals surface area contributed by atoms with Gasteiger partial charge in [-0.25, -0.2) is 4.68 Å². The van der Waals surface area contributed by atoms with Gasteiger partial charge in [-0.2, -0.15) is 5.10 Å². The van der Waals surface area contributed by atoms with Gasteiger partial charge in [-0.1, -0.05) is 30.2 Å². The van der Waals surface area contributed by atoms with Crippen molar-refractivity contribution < 1.29 is 9.59 Å². The van der Waals surface area contributed by atoms with E-state index in [9.17, 15) is 9.59 Å². The lowest BCUT2D eigenvalue weighted by molar-refractivity contribution is -0.127. The van der Waals surface area contributed by atoms with Crippen molar-refractivity contribution in [3.05, 3.63) is 41.7 Å². The van der Waals surface area contributed by atoms with Gasteiger partial charge in [0.25, 0.3) is 0 Å². The van der Waals surface area contributed by atoms with Crippen molar-refractivity contribution in [2.75, 3.05) is 11.9 Å². The summed E-state index contributed by atoms with van der Waals surface area (Å²) in [5.41, 5.74) is 1.33. The summed E-state index contributed by atoms with van der Waals surface area (Å²) in [5.74, 6) is 0.0325. The number of carbonyl (C=O) groups excluding carboxylic acids is 2. The highest BCUT2D eigenvalue weighted by Crippen LogP contribution is 2.26. The fourth-order valence-electron chi connectivity index (χ4n) is 2.49. The zero-order chi connectivity index (χ0) is 16.9. The Morgan fingerprint density at radius 3 is 2.79 bits per heavy atom. The summed E-state index contributed by atoms with van der Waals surface area (Å²) in [6.45, 7) is 0.347. The molecule has 1 aromatic heterocycles. The van der Waals surface area contributed by atoms with E-state index in [0.29, 0.717) is 17.3 Å². The van der Waals surface area contributed by atoms with Crippen LogP contribution >= 0.6 is 11.6 Å². The Bertz CT molecular complexity index is 740. The molecule has 1 saturated carbocycles. The molecule has 3 rings (SSSR count). The van der Waals surface area contributed by atoms with Crippen LogP contribution in [-0.2, 0) is 9.59 Å². The number of hydrogen-bond donors (Lipinski definition) is 2. The number of halogens is 1. The Balaban J connectivity index is 1.48. The van der Waals surface area contributed by atoms with Gasteiger partial charge in [-0.05, 0) is 25.0 Å². The van der Waals surface area contributed by atoms with Crippen LogP contribution in [0.3, 0.4) is 0 Å². The molecular formula is C17H19ClN4O2. The maximum Gasteiger partial charge on any atom is 0.226 e. The average Bonchev–Trinajstić information content (AvgIpc) is 2.94. The molecule has 2 amide bonds. The Hall–Kier alpha value is -2.34. The minimum absolute atomic E-state index is 0.0561. The average molecular weight is 347 g/mol. The molecule has 6 nitrogen and oxygen atoms in total. The van der Waals surface area contributed by atoms with Crippen LogP contribution in [0.2, 0.25) is 5.02 Å². The molecule has 24 heavy (non-hydrogen) atoms. The number of anilines is 1. The highest BCUT2D eigenvalue weighted by molar-refractivity contribution is 6.32. The molecule has 0 saturated heterocycles. The first kappa shape index (κ1) is 16.5. The van der Waals surface area contributed by atoms with Crippen LogP contribution in [0, 0.1) is 5.92 Å². The van der Waals surface area contributed by atoms with Crippen LogP contribution in [0.25, 0.3) is 5.69 Å². The van der Waals surface area contributed by atoms with Crippen molar-refractivity contribution in [3.8, 4) is 5.69 Å². The first-order chi connectivity index (χ1) is 11.6. The van der Waals surface area contributed by atoms with E-state index in [0.717, 1.165) is 24.9 Å². The molecule has 2 aromatic rings. The molecule has 0 aliphatic heterocycles. The van der Waals surface area contributed by atoms with Gasteiger partial charge in [-0.3, -0.25) is 9.59 Å². The van der Waals surface area contributed by atoms with Gasteiger partial charge in [0.05, 0.1) is 28.8 Å². The van der Waals surface area contributed by atoms with Crippen LogP contribution in [-0.4, -0.2) is 28.1 Å². The third-order valence-corrected chi connectivity index (χ3v) is 4.41. The predicted molar refractivity (Wildman–Crippen MR) is 92.2 cm³/mol. The van der Waals surface area contributed by atoms with E-state index in [4.69, 9.17) is 11.6 Å². The SMILES string of the molecule is O=C(CCNC(=O)C1CCC1)Nc1cnn(-c2ccccc2Cl)c1. The number of para-hydroxylation sites is 1. The summed E-state index contributed by atoms with van der Waals surface area (Å²) < 4.78 is 1.61. The van der Waals surface area contributed by atoms with Gasteiger partial charge >= 0.3 is 0 Å². The van der Waals surface area contributed by atoms with E-state index < -0.39 is 0 Å². The fraction of sp³-hybridized carbons (Fsp3) is 0.353. The Kier molecular flexibility index (Phi) is 5.15. The normalized spacial score (nSPS) is 14.0. The van der Waals surface area contributed by atoms with Gasteiger partial charge < -0.3 is 10.6 Å². The molecular weight excluding hydrogens is 328 g/mol. The lowest BCUT2D eigenvalue weighted by Crippen LogP contribution is -2.36. The molecule has 1 aromatic carbocycles. The van der Waals surface area contributed by atoms with Gasteiger partial charge in [-0.15, -0.1) is 0 Å². The largest absolute Gasteiger partial charge is 0.355 e. The number of nitrogens with one attached hydrogen (secondary N) is 2. The standard InChI is InChI=1S/C17H19ClN4O2/c18-14-6-1-2-7-15(14)22-11-13(10-20-22)21-16(23)8-9-19-17(24)12-4-3-5-12/h1-2,6-7,10-12H,3-5,8-9H2,(H,19,24)(H,21,23). The molecule has 0 atom stereocenters. The fourth-order valence-corrected chi connectivity index (χ4v) is 2.72. The first-order valence-corrected chi connectivity index (χ1v) is 8.38. The quantitative estimate of drug-likeness (QED) is 0.844. The summed E-state index contributed by atoms with van der Waals surface area (Å²) in [6, 6.07) is 7.33. The highest BCUT2D eigenvalue weighted by Gasteiger charge is 2.24. The van der Waals surface area contributed by atoms with Crippen LogP contribution in [0.1, 0.15) is 25.7 Å².